The van der Waals surface area contributed by atoms with E-state index < -0.39 is 0 Å². The summed E-state index contributed by atoms with van der Waals surface area (Å²) in [4.78, 5) is 9.70. The minimum Gasteiger partial charge on any atom is -0.383 e. The molecule has 1 saturated heterocycles. The van der Waals surface area contributed by atoms with E-state index in [0.29, 0.717) is 6.04 Å². The summed E-state index contributed by atoms with van der Waals surface area (Å²) in [6.45, 7) is 8.50. The van der Waals surface area contributed by atoms with Gasteiger partial charge in [0, 0.05) is 57.2 Å². The van der Waals surface area contributed by atoms with Crippen LogP contribution < -0.4 is 4.90 Å². The van der Waals surface area contributed by atoms with Crippen molar-refractivity contribution in [1.82, 2.24) is 9.88 Å². The molecule has 0 N–H and O–H groups in total. The van der Waals surface area contributed by atoms with Crippen molar-refractivity contribution in [2.75, 3.05) is 51.5 Å². The van der Waals surface area contributed by atoms with E-state index in [1.165, 1.54) is 5.56 Å². The summed E-state index contributed by atoms with van der Waals surface area (Å²) >= 11 is 0. The van der Waals surface area contributed by atoms with E-state index in [1.54, 1.807) is 7.11 Å². The van der Waals surface area contributed by atoms with Crippen molar-refractivity contribution in [3.8, 4) is 0 Å². The summed E-state index contributed by atoms with van der Waals surface area (Å²) in [7, 11) is 1.75. The third-order valence-corrected chi connectivity index (χ3v) is 4.41. The van der Waals surface area contributed by atoms with Crippen LogP contribution in [0.3, 0.4) is 0 Å². The zero-order valence-corrected chi connectivity index (χ0v) is 13.0. The Kier molecular flexibility index (Phi) is 4.73. The average molecular weight is 291 g/mol. The van der Waals surface area contributed by atoms with Crippen molar-refractivity contribution in [1.29, 1.82) is 0 Å². The lowest BCUT2D eigenvalue weighted by Crippen LogP contribution is -2.39. The van der Waals surface area contributed by atoms with E-state index in [-0.39, 0.29) is 0 Å². The normalized spacial score (nSPS) is 23.1. The standard InChI is InChI=1S/C16H25N3O2/c1-13-3-4-14-11-19(15-5-9-21-12-15)7-6-18(8-10-20-2)16(14)17-13/h3-4,15H,5-12H2,1-2H3/t15-/m1/s1. The molecule has 21 heavy (non-hydrogen) atoms. The van der Waals surface area contributed by atoms with Gasteiger partial charge in [-0.15, -0.1) is 0 Å². The van der Waals surface area contributed by atoms with Crippen molar-refractivity contribution in [3.63, 3.8) is 0 Å². The highest BCUT2D eigenvalue weighted by Crippen LogP contribution is 2.26. The second-order valence-corrected chi connectivity index (χ2v) is 5.90. The number of aryl methyl sites for hydroxylation is 1. The first-order valence-electron chi connectivity index (χ1n) is 7.80. The predicted molar refractivity (Wildman–Crippen MR) is 82.7 cm³/mol. The van der Waals surface area contributed by atoms with Gasteiger partial charge in [-0.25, -0.2) is 4.98 Å². The van der Waals surface area contributed by atoms with E-state index >= 15 is 0 Å². The first-order chi connectivity index (χ1) is 10.3. The minimum atomic E-state index is 0.557. The highest BCUT2D eigenvalue weighted by atomic mass is 16.5. The van der Waals surface area contributed by atoms with E-state index in [1.807, 2.05) is 0 Å². The average Bonchev–Trinajstić information content (AvgIpc) is 2.96. The van der Waals surface area contributed by atoms with Crippen molar-refractivity contribution >= 4 is 5.82 Å². The first kappa shape index (κ1) is 14.8. The van der Waals surface area contributed by atoms with Gasteiger partial charge in [0.2, 0.25) is 0 Å². The molecule has 0 amide bonds. The second-order valence-electron chi connectivity index (χ2n) is 5.90. The van der Waals surface area contributed by atoms with Crippen molar-refractivity contribution in [2.24, 2.45) is 0 Å². The highest BCUT2D eigenvalue weighted by molar-refractivity contribution is 5.48. The van der Waals surface area contributed by atoms with E-state index in [0.717, 1.165) is 63.9 Å². The Bertz CT molecular complexity index is 475. The molecule has 0 radical (unpaired) electrons. The topological polar surface area (TPSA) is 37.8 Å². The number of anilines is 1. The highest BCUT2D eigenvalue weighted by Gasteiger charge is 2.28. The maximum atomic E-state index is 5.56. The minimum absolute atomic E-state index is 0.557. The van der Waals surface area contributed by atoms with Gasteiger partial charge in [-0.3, -0.25) is 4.90 Å². The zero-order chi connectivity index (χ0) is 14.7. The molecule has 2 aliphatic rings. The molecule has 1 aromatic heterocycles. The third kappa shape index (κ3) is 3.36. The van der Waals surface area contributed by atoms with Gasteiger partial charge in [0.25, 0.3) is 0 Å². The number of pyridine rings is 1. The van der Waals surface area contributed by atoms with E-state index in [2.05, 4.69) is 28.9 Å². The Hall–Kier alpha value is -1.17. The molecule has 1 aromatic rings. The Labute approximate surface area is 126 Å². The number of hydrogen-bond acceptors (Lipinski definition) is 5. The van der Waals surface area contributed by atoms with Crippen LogP contribution in [0.2, 0.25) is 0 Å². The van der Waals surface area contributed by atoms with Gasteiger partial charge in [-0.2, -0.15) is 0 Å². The fourth-order valence-corrected chi connectivity index (χ4v) is 3.16. The van der Waals surface area contributed by atoms with Gasteiger partial charge in [-0.05, 0) is 19.4 Å². The predicted octanol–water partition coefficient (Wildman–Crippen LogP) is 1.45. The van der Waals surface area contributed by atoms with Crippen molar-refractivity contribution in [3.05, 3.63) is 23.4 Å². The van der Waals surface area contributed by atoms with Crippen molar-refractivity contribution < 1.29 is 9.47 Å². The lowest BCUT2D eigenvalue weighted by Gasteiger charge is -2.26. The summed E-state index contributed by atoms with van der Waals surface area (Å²) in [5, 5.41) is 0. The molecule has 2 aliphatic heterocycles. The van der Waals surface area contributed by atoms with Crippen LogP contribution in [0.25, 0.3) is 0 Å². The maximum absolute atomic E-state index is 5.56. The van der Waals surface area contributed by atoms with Gasteiger partial charge < -0.3 is 14.4 Å². The fourth-order valence-electron chi connectivity index (χ4n) is 3.16. The quantitative estimate of drug-likeness (QED) is 0.839. The van der Waals surface area contributed by atoms with E-state index in [9.17, 15) is 0 Å². The van der Waals surface area contributed by atoms with Gasteiger partial charge in [-0.1, -0.05) is 6.07 Å². The molecule has 0 saturated carbocycles. The van der Waals surface area contributed by atoms with Crippen LogP contribution in [-0.4, -0.2) is 62.5 Å². The second kappa shape index (κ2) is 6.73. The number of rotatable bonds is 4. The van der Waals surface area contributed by atoms with Gasteiger partial charge >= 0.3 is 0 Å². The summed E-state index contributed by atoms with van der Waals surface area (Å²) in [6.07, 6.45) is 1.15. The summed E-state index contributed by atoms with van der Waals surface area (Å²) in [6, 6.07) is 4.90. The number of nitrogens with zero attached hydrogens (tertiary/aromatic N) is 3. The molecule has 0 aromatic carbocycles. The summed E-state index contributed by atoms with van der Waals surface area (Å²) < 4.78 is 10.8. The molecule has 3 heterocycles. The molecule has 1 fully saturated rings. The van der Waals surface area contributed by atoms with Gasteiger partial charge in [0.05, 0.1) is 13.2 Å². The lowest BCUT2D eigenvalue weighted by molar-refractivity contribution is 0.142. The maximum Gasteiger partial charge on any atom is 0.133 e. The molecule has 0 spiro atoms. The number of ether oxygens (including phenoxy) is 2. The van der Waals surface area contributed by atoms with Gasteiger partial charge in [0.15, 0.2) is 0 Å². The van der Waals surface area contributed by atoms with Crippen LogP contribution in [0.15, 0.2) is 12.1 Å². The first-order valence-corrected chi connectivity index (χ1v) is 7.80. The van der Waals surface area contributed by atoms with Crippen LogP contribution in [0.1, 0.15) is 17.7 Å². The Morgan fingerprint density at radius 3 is 3.05 bits per heavy atom. The van der Waals surface area contributed by atoms with Crippen LogP contribution in [-0.2, 0) is 16.0 Å². The number of fused-ring (bicyclic) bond motifs is 1. The molecule has 1 atom stereocenters. The van der Waals surface area contributed by atoms with Crippen LogP contribution >= 0.6 is 0 Å². The largest absolute Gasteiger partial charge is 0.383 e. The fraction of sp³-hybridized carbons (Fsp3) is 0.688. The lowest BCUT2D eigenvalue weighted by atomic mass is 10.1. The summed E-state index contributed by atoms with van der Waals surface area (Å²) in [5.41, 5.74) is 2.40. The monoisotopic (exact) mass is 291 g/mol. The molecule has 5 nitrogen and oxygen atoms in total. The van der Waals surface area contributed by atoms with Crippen LogP contribution in [0.4, 0.5) is 5.82 Å². The van der Waals surface area contributed by atoms with Crippen LogP contribution in [0.5, 0.6) is 0 Å². The summed E-state index contributed by atoms with van der Waals surface area (Å²) in [5.74, 6) is 1.13. The molecule has 0 unspecified atom stereocenters. The Balaban J connectivity index is 1.82. The molecular weight excluding hydrogens is 266 g/mol. The van der Waals surface area contributed by atoms with Crippen molar-refractivity contribution in [2.45, 2.75) is 25.9 Å². The zero-order valence-electron chi connectivity index (χ0n) is 13.0. The number of methoxy groups -OCH3 is 1. The molecule has 0 aliphatic carbocycles. The number of hydrogen-bond donors (Lipinski definition) is 0. The Morgan fingerprint density at radius 1 is 1.38 bits per heavy atom. The molecule has 5 heteroatoms. The van der Waals surface area contributed by atoms with E-state index in [4.69, 9.17) is 14.5 Å². The molecule has 0 bridgehead atoms. The SMILES string of the molecule is COCCN1CCN([C@@H]2CCOC2)Cc2ccc(C)nc21. The van der Waals surface area contributed by atoms with Gasteiger partial charge in [0.1, 0.15) is 5.82 Å². The van der Waals surface area contributed by atoms with Crippen LogP contribution in [0, 0.1) is 6.92 Å². The molecule has 116 valence electrons. The smallest absolute Gasteiger partial charge is 0.133 e. The number of aromatic nitrogens is 1. The molecular formula is C16H25N3O2. The molecule has 3 rings (SSSR count). The third-order valence-electron chi connectivity index (χ3n) is 4.41. The Morgan fingerprint density at radius 2 is 2.29 bits per heavy atom.